The first-order valence-corrected chi connectivity index (χ1v) is 6.21. The van der Waals surface area contributed by atoms with Crippen LogP contribution in [0.15, 0.2) is 24.3 Å². The second kappa shape index (κ2) is 4.40. The molecule has 2 atom stereocenters. The van der Waals surface area contributed by atoms with E-state index in [-0.39, 0.29) is 0 Å². The first-order chi connectivity index (χ1) is 7.48. The molecule has 0 N–H and O–H groups in total. The van der Waals surface area contributed by atoms with E-state index in [1.54, 1.807) is 12.1 Å². The first-order valence-electron chi connectivity index (χ1n) is 5.30. The SMILES string of the molecule is FC(F)(F)c1ccc(C2CCCC2Br)cc1. The zero-order valence-electron chi connectivity index (χ0n) is 8.60. The summed E-state index contributed by atoms with van der Waals surface area (Å²) in [6, 6.07) is 5.56. The van der Waals surface area contributed by atoms with Gasteiger partial charge < -0.3 is 0 Å². The van der Waals surface area contributed by atoms with Crippen LogP contribution in [0, 0.1) is 0 Å². The third-order valence-electron chi connectivity index (χ3n) is 3.10. The van der Waals surface area contributed by atoms with Gasteiger partial charge in [0, 0.05) is 4.83 Å². The highest BCUT2D eigenvalue weighted by atomic mass is 79.9. The molecule has 2 unspecified atom stereocenters. The fourth-order valence-electron chi connectivity index (χ4n) is 2.21. The van der Waals surface area contributed by atoms with E-state index in [2.05, 4.69) is 15.9 Å². The van der Waals surface area contributed by atoms with Crippen LogP contribution in [0.3, 0.4) is 0 Å². The molecule has 1 aromatic carbocycles. The minimum atomic E-state index is -4.23. The fraction of sp³-hybridized carbons (Fsp3) is 0.500. The van der Waals surface area contributed by atoms with Crippen LogP contribution in [-0.4, -0.2) is 4.83 Å². The summed E-state index contributed by atoms with van der Waals surface area (Å²) < 4.78 is 37.1. The predicted octanol–water partition coefficient (Wildman–Crippen LogP) is 4.74. The van der Waals surface area contributed by atoms with Gasteiger partial charge in [-0.3, -0.25) is 0 Å². The quantitative estimate of drug-likeness (QED) is 0.656. The Hall–Kier alpha value is -0.510. The smallest absolute Gasteiger partial charge is 0.166 e. The van der Waals surface area contributed by atoms with Gasteiger partial charge in [0.25, 0.3) is 0 Å². The summed E-state index contributed by atoms with van der Waals surface area (Å²) in [6.07, 6.45) is -0.934. The van der Waals surface area contributed by atoms with Gasteiger partial charge in [-0.15, -0.1) is 0 Å². The number of rotatable bonds is 1. The van der Waals surface area contributed by atoms with E-state index in [1.807, 2.05) is 0 Å². The van der Waals surface area contributed by atoms with Crippen LogP contribution in [0.1, 0.15) is 36.3 Å². The average molecular weight is 293 g/mol. The lowest BCUT2D eigenvalue weighted by Gasteiger charge is -2.15. The Bertz CT molecular complexity index is 356. The van der Waals surface area contributed by atoms with Gasteiger partial charge in [-0.1, -0.05) is 34.5 Å². The summed E-state index contributed by atoms with van der Waals surface area (Å²) in [5.74, 6) is 0.363. The van der Waals surface area contributed by atoms with E-state index in [0.29, 0.717) is 10.7 Å². The molecule has 2 rings (SSSR count). The second-order valence-corrected chi connectivity index (χ2v) is 5.35. The summed E-state index contributed by atoms with van der Waals surface area (Å²) >= 11 is 3.58. The van der Waals surface area contributed by atoms with E-state index in [4.69, 9.17) is 0 Å². The van der Waals surface area contributed by atoms with Gasteiger partial charge in [0.05, 0.1) is 5.56 Å². The lowest BCUT2D eigenvalue weighted by atomic mass is 9.96. The van der Waals surface area contributed by atoms with Crippen molar-refractivity contribution in [2.75, 3.05) is 0 Å². The van der Waals surface area contributed by atoms with Gasteiger partial charge in [-0.25, -0.2) is 0 Å². The van der Waals surface area contributed by atoms with Crippen molar-refractivity contribution in [3.05, 3.63) is 35.4 Å². The lowest BCUT2D eigenvalue weighted by Crippen LogP contribution is -2.07. The van der Waals surface area contributed by atoms with Crippen molar-refractivity contribution in [2.45, 2.75) is 36.2 Å². The van der Waals surface area contributed by atoms with E-state index in [9.17, 15) is 13.2 Å². The molecule has 0 aliphatic heterocycles. The zero-order valence-corrected chi connectivity index (χ0v) is 10.2. The Balaban J connectivity index is 2.19. The zero-order chi connectivity index (χ0) is 11.8. The standard InChI is InChI=1S/C12H12BrF3/c13-11-3-1-2-10(11)8-4-6-9(7-5-8)12(14,15)16/h4-7,10-11H,1-3H2. The van der Waals surface area contributed by atoms with Gasteiger partial charge in [0.15, 0.2) is 0 Å². The number of hydrogen-bond donors (Lipinski definition) is 0. The number of benzene rings is 1. The molecule has 1 aromatic rings. The van der Waals surface area contributed by atoms with Gasteiger partial charge in [-0.2, -0.15) is 13.2 Å². The summed E-state index contributed by atoms with van der Waals surface area (Å²) in [5.41, 5.74) is 0.438. The Morgan fingerprint density at radius 2 is 1.69 bits per heavy atom. The number of hydrogen-bond acceptors (Lipinski definition) is 0. The molecule has 88 valence electrons. The molecular weight excluding hydrogens is 281 g/mol. The summed E-state index contributed by atoms with van der Waals surface area (Å²) in [7, 11) is 0. The predicted molar refractivity (Wildman–Crippen MR) is 60.8 cm³/mol. The molecule has 0 saturated heterocycles. The third-order valence-corrected chi connectivity index (χ3v) is 4.19. The molecular formula is C12H12BrF3. The molecule has 0 amide bonds. The Morgan fingerprint density at radius 1 is 1.06 bits per heavy atom. The monoisotopic (exact) mass is 292 g/mol. The molecule has 4 heteroatoms. The van der Waals surface area contributed by atoms with Gasteiger partial charge in [0.2, 0.25) is 0 Å². The number of halogens is 4. The van der Waals surface area contributed by atoms with Crippen molar-refractivity contribution in [2.24, 2.45) is 0 Å². The van der Waals surface area contributed by atoms with Crippen LogP contribution in [-0.2, 0) is 6.18 Å². The maximum absolute atomic E-state index is 12.4. The molecule has 1 aliphatic rings. The Labute approximate surface area is 101 Å². The number of alkyl halides is 4. The fourth-order valence-corrected chi connectivity index (χ4v) is 3.10. The molecule has 1 fully saturated rings. The summed E-state index contributed by atoms with van der Waals surface area (Å²) in [6.45, 7) is 0. The molecule has 0 spiro atoms. The Kier molecular flexibility index (Phi) is 3.29. The van der Waals surface area contributed by atoms with Crippen LogP contribution in [0.5, 0.6) is 0 Å². The lowest BCUT2D eigenvalue weighted by molar-refractivity contribution is -0.137. The minimum Gasteiger partial charge on any atom is -0.166 e. The highest BCUT2D eigenvalue weighted by molar-refractivity contribution is 9.09. The van der Waals surface area contributed by atoms with Crippen molar-refractivity contribution >= 4 is 15.9 Å². The van der Waals surface area contributed by atoms with E-state index < -0.39 is 11.7 Å². The van der Waals surface area contributed by atoms with Crippen molar-refractivity contribution in [3.63, 3.8) is 0 Å². The highest BCUT2D eigenvalue weighted by Gasteiger charge is 2.31. The van der Waals surface area contributed by atoms with Crippen LogP contribution >= 0.6 is 15.9 Å². The van der Waals surface area contributed by atoms with Crippen LogP contribution in [0.4, 0.5) is 13.2 Å². The van der Waals surface area contributed by atoms with Gasteiger partial charge in [0.1, 0.15) is 0 Å². The molecule has 0 nitrogen and oxygen atoms in total. The molecule has 0 radical (unpaired) electrons. The third kappa shape index (κ3) is 2.42. The highest BCUT2D eigenvalue weighted by Crippen LogP contribution is 2.40. The average Bonchev–Trinajstić information content (AvgIpc) is 2.63. The van der Waals surface area contributed by atoms with Crippen molar-refractivity contribution in [1.82, 2.24) is 0 Å². The van der Waals surface area contributed by atoms with E-state index in [0.717, 1.165) is 24.8 Å². The van der Waals surface area contributed by atoms with Gasteiger partial charge in [-0.05, 0) is 36.5 Å². The van der Waals surface area contributed by atoms with Crippen LogP contribution in [0.2, 0.25) is 0 Å². The normalized spacial score (nSPS) is 26.0. The molecule has 0 heterocycles. The van der Waals surface area contributed by atoms with Crippen LogP contribution in [0.25, 0.3) is 0 Å². The molecule has 0 aromatic heterocycles. The van der Waals surface area contributed by atoms with Crippen LogP contribution < -0.4 is 0 Å². The topological polar surface area (TPSA) is 0 Å². The summed E-state index contributed by atoms with van der Waals surface area (Å²) in [5, 5.41) is 0. The molecule has 1 aliphatic carbocycles. The molecule has 16 heavy (non-hydrogen) atoms. The van der Waals surface area contributed by atoms with Crippen molar-refractivity contribution < 1.29 is 13.2 Å². The maximum Gasteiger partial charge on any atom is 0.416 e. The second-order valence-electron chi connectivity index (χ2n) is 4.17. The van der Waals surface area contributed by atoms with Gasteiger partial charge >= 0.3 is 6.18 Å². The van der Waals surface area contributed by atoms with E-state index >= 15 is 0 Å². The van der Waals surface area contributed by atoms with Crippen molar-refractivity contribution in [3.8, 4) is 0 Å². The van der Waals surface area contributed by atoms with E-state index in [1.165, 1.54) is 12.1 Å². The first kappa shape index (κ1) is 12.0. The summed E-state index contributed by atoms with van der Waals surface area (Å²) in [4.78, 5) is 0.407. The minimum absolute atomic E-state index is 0.363. The molecule has 0 bridgehead atoms. The Morgan fingerprint density at radius 3 is 2.12 bits per heavy atom. The molecule has 1 saturated carbocycles. The van der Waals surface area contributed by atoms with Crippen molar-refractivity contribution in [1.29, 1.82) is 0 Å². The largest absolute Gasteiger partial charge is 0.416 e. The maximum atomic E-state index is 12.4.